The predicted molar refractivity (Wildman–Crippen MR) is 105 cm³/mol. The highest BCUT2D eigenvalue weighted by Crippen LogP contribution is 2.36. The van der Waals surface area contributed by atoms with Crippen molar-refractivity contribution >= 4 is 29.4 Å². The molecule has 2 amide bonds. The van der Waals surface area contributed by atoms with E-state index in [1.54, 1.807) is 21.3 Å². The maximum atomic E-state index is 12.7. The number of carbonyl (C=O) groups excluding carboxylic acids is 2. The minimum absolute atomic E-state index is 0.459. The minimum Gasteiger partial charge on any atom is -0.334 e. The summed E-state index contributed by atoms with van der Waals surface area (Å²) in [7, 11) is 2.10. The predicted octanol–water partition coefficient (Wildman–Crippen LogP) is 0.223. The summed E-state index contributed by atoms with van der Waals surface area (Å²) < 4.78 is 1.78. The highest BCUT2D eigenvalue weighted by Gasteiger charge is 2.30. The van der Waals surface area contributed by atoms with E-state index in [9.17, 15) is 9.59 Å². The van der Waals surface area contributed by atoms with E-state index < -0.39 is 11.8 Å². The van der Waals surface area contributed by atoms with E-state index in [0.717, 1.165) is 47.1 Å². The maximum Gasteiger partial charge on any atom is 0.315 e. The normalized spacial score (nSPS) is 17.0. The number of fused-ring (bicyclic) bond motifs is 1. The summed E-state index contributed by atoms with van der Waals surface area (Å²) in [4.78, 5) is 28.3. The van der Waals surface area contributed by atoms with Crippen molar-refractivity contribution in [3.05, 3.63) is 41.1 Å². The molecule has 1 aromatic heterocycles. The Bertz CT molecular complexity index is 886. The molecule has 2 aromatic rings. The third-order valence-electron chi connectivity index (χ3n) is 5.23. The maximum absolute atomic E-state index is 12.7. The lowest BCUT2D eigenvalue weighted by molar-refractivity contribution is -0.883. The number of hydrogen-bond acceptors (Lipinski definition) is 4. The van der Waals surface area contributed by atoms with Gasteiger partial charge in [-0.1, -0.05) is 18.2 Å². The fraction of sp³-hybridized carbons (Fsp3) is 0.421. The third kappa shape index (κ3) is 3.46. The van der Waals surface area contributed by atoms with Gasteiger partial charge in [-0.25, -0.2) is 4.68 Å². The molecule has 0 bridgehead atoms. The Morgan fingerprint density at radius 1 is 1.19 bits per heavy atom. The van der Waals surface area contributed by atoms with E-state index in [1.807, 2.05) is 31.2 Å². The van der Waals surface area contributed by atoms with Crippen molar-refractivity contribution in [2.75, 3.05) is 38.5 Å². The minimum atomic E-state index is -0.580. The molecule has 2 aliphatic rings. The van der Waals surface area contributed by atoms with Crippen LogP contribution < -0.4 is 10.2 Å². The van der Waals surface area contributed by atoms with Crippen LogP contribution in [0.2, 0.25) is 0 Å². The van der Waals surface area contributed by atoms with Crippen LogP contribution >= 0.6 is 11.8 Å². The van der Waals surface area contributed by atoms with Gasteiger partial charge in [-0.3, -0.25) is 9.59 Å². The molecule has 2 aliphatic heterocycles. The number of aromatic nitrogens is 2. The summed E-state index contributed by atoms with van der Waals surface area (Å²) in [6, 6.07) is 7.92. The molecule has 0 aliphatic carbocycles. The van der Waals surface area contributed by atoms with Gasteiger partial charge in [-0.05, 0) is 18.6 Å². The molecule has 7 nitrogen and oxygen atoms in total. The first-order valence-corrected chi connectivity index (χ1v) is 10.4. The van der Waals surface area contributed by atoms with Crippen LogP contribution in [-0.4, -0.2) is 59.7 Å². The second kappa shape index (κ2) is 7.36. The van der Waals surface area contributed by atoms with Gasteiger partial charge >= 0.3 is 11.8 Å². The van der Waals surface area contributed by atoms with Gasteiger partial charge in [0.05, 0.1) is 44.6 Å². The Balaban J connectivity index is 1.61. The zero-order chi connectivity index (χ0) is 19.0. The van der Waals surface area contributed by atoms with Crippen LogP contribution in [-0.2, 0) is 21.1 Å². The number of anilines is 1. The molecule has 142 valence electrons. The van der Waals surface area contributed by atoms with Crippen molar-refractivity contribution in [1.29, 1.82) is 0 Å². The molecule has 8 heteroatoms. The molecule has 3 heterocycles. The van der Waals surface area contributed by atoms with Crippen molar-refractivity contribution in [3.63, 3.8) is 0 Å². The summed E-state index contributed by atoms with van der Waals surface area (Å²) >= 11 is 1.77. The molecule has 0 saturated carbocycles. The van der Waals surface area contributed by atoms with E-state index in [-0.39, 0.29) is 0 Å². The number of hydrogen-bond donors (Lipinski definition) is 2. The van der Waals surface area contributed by atoms with Crippen LogP contribution in [0.15, 0.2) is 24.3 Å². The van der Waals surface area contributed by atoms with Crippen LogP contribution in [0.3, 0.4) is 0 Å². The number of thioether (sulfide) groups is 1. The van der Waals surface area contributed by atoms with Crippen molar-refractivity contribution < 1.29 is 14.5 Å². The second-order valence-electron chi connectivity index (χ2n) is 7.17. The van der Waals surface area contributed by atoms with E-state index >= 15 is 0 Å². The summed E-state index contributed by atoms with van der Waals surface area (Å²) in [6.45, 7) is 4.98. The molecule has 0 spiro atoms. The monoisotopic (exact) mass is 386 g/mol. The molecule has 4 rings (SSSR count). The number of nitrogens with one attached hydrogen (secondary N) is 2. The van der Waals surface area contributed by atoms with Crippen molar-refractivity contribution in [1.82, 2.24) is 14.7 Å². The first-order chi connectivity index (χ1) is 13.0. The third-order valence-corrected chi connectivity index (χ3v) is 6.20. The molecular weight excluding hydrogens is 362 g/mol. The fourth-order valence-electron chi connectivity index (χ4n) is 3.51. The smallest absolute Gasteiger partial charge is 0.315 e. The molecule has 0 atom stereocenters. The van der Waals surface area contributed by atoms with E-state index in [1.165, 1.54) is 4.90 Å². The van der Waals surface area contributed by atoms with Crippen LogP contribution in [0.1, 0.15) is 16.8 Å². The number of aryl methyl sites for hydroxylation is 1. The Morgan fingerprint density at radius 3 is 2.67 bits per heavy atom. The molecule has 1 fully saturated rings. The Morgan fingerprint density at radius 2 is 1.93 bits per heavy atom. The van der Waals surface area contributed by atoms with E-state index in [0.29, 0.717) is 18.9 Å². The quantitative estimate of drug-likeness (QED) is 0.725. The number of quaternary nitrogens is 1. The standard InChI is InChI=1S/C19H23N5O2S/c1-13-5-3-4-6-16(13)24-17(14-11-27-12-15(14)21-24)20-18(25)19(26)23-9-7-22(2)8-10-23/h3-6H,7-12H2,1-2H3,(H,20,25)/p+1. The number of nitrogens with zero attached hydrogens (tertiary/aromatic N) is 3. The lowest BCUT2D eigenvalue weighted by Crippen LogP contribution is -3.12. The molecule has 1 saturated heterocycles. The second-order valence-corrected chi connectivity index (χ2v) is 8.15. The number of rotatable bonds is 2. The van der Waals surface area contributed by atoms with E-state index in [4.69, 9.17) is 5.10 Å². The average Bonchev–Trinajstić information content (AvgIpc) is 3.25. The first-order valence-electron chi connectivity index (χ1n) is 9.20. The lowest BCUT2D eigenvalue weighted by Gasteiger charge is -2.29. The highest BCUT2D eigenvalue weighted by molar-refractivity contribution is 7.98. The highest BCUT2D eigenvalue weighted by atomic mass is 32.2. The van der Waals surface area contributed by atoms with Crippen LogP contribution in [0, 0.1) is 6.92 Å². The van der Waals surface area contributed by atoms with Gasteiger partial charge in [0.25, 0.3) is 0 Å². The number of para-hydroxylation sites is 1. The van der Waals surface area contributed by atoms with Gasteiger partial charge in [0, 0.05) is 17.1 Å². The zero-order valence-electron chi connectivity index (χ0n) is 15.6. The molecular formula is C19H24N5O2S+. The Kier molecular flexibility index (Phi) is 4.92. The number of carbonyl (C=O) groups is 2. The first kappa shape index (κ1) is 18.1. The van der Waals surface area contributed by atoms with Gasteiger partial charge in [0.2, 0.25) is 0 Å². The molecule has 2 N–H and O–H groups in total. The van der Waals surface area contributed by atoms with Gasteiger partial charge in [0.15, 0.2) is 0 Å². The Hall–Kier alpha value is -2.32. The summed E-state index contributed by atoms with van der Waals surface area (Å²) in [5, 5.41) is 7.58. The number of piperazine rings is 1. The number of amides is 2. The molecule has 1 aromatic carbocycles. The van der Waals surface area contributed by atoms with Crippen LogP contribution in [0.25, 0.3) is 5.69 Å². The number of benzene rings is 1. The number of likely N-dealkylation sites (N-methyl/N-ethyl adjacent to an activating group) is 1. The average molecular weight is 387 g/mol. The van der Waals surface area contributed by atoms with Crippen LogP contribution in [0.5, 0.6) is 0 Å². The summed E-state index contributed by atoms with van der Waals surface area (Å²) in [6.07, 6.45) is 0. The lowest BCUT2D eigenvalue weighted by atomic mass is 10.2. The SMILES string of the molecule is Cc1ccccc1-n1nc2c(c1NC(=O)C(=O)N1CC[NH+](C)CC1)CSC2. The largest absolute Gasteiger partial charge is 0.334 e. The zero-order valence-corrected chi connectivity index (χ0v) is 16.4. The topological polar surface area (TPSA) is 71.7 Å². The van der Waals surface area contributed by atoms with Crippen molar-refractivity contribution in [2.45, 2.75) is 18.4 Å². The van der Waals surface area contributed by atoms with Gasteiger partial charge in [0.1, 0.15) is 5.82 Å². The van der Waals surface area contributed by atoms with Gasteiger partial charge < -0.3 is 15.1 Å². The Labute approximate surface area is 162 Å². The van der Waals surface area contributed by atoms with Gasteiger partial charge in [-0.15, -0.1) is 0 Å². The summed E-state index contributed by atoms with van der Waals surface area (Å²) in [5.74, 6) is 1.21. The van der Waals surface area contributed by atoms with Crippen molar-refractivity contribution in [3.8, 4) is 5.69 Å². The van der Waals surface area contributed by atoms with E-state index in [2.05, 4.69) is 12.4 Å². The fourth-order valence-corrected chi connectivity index (χ4v) is 4.55. The van der Waals surface area contributed by atoms with Gasteiger partial charge in [-0.2, -0.15) is 16.9 Å². The molecule has 0 unspecified atom stereocenters. The molecule has 27 heavy (non-hydrogen) atoms. The summed E-state index contributed by atoms with van der Waals surface area (Å²) in [5.41, 5.74) is 3.99. The molecule has 0 radical (unpaired) electrons. The van der Waals surface area contributed by atoms with Crippen LogP contribution in [0.4, 0.5) is 5.82 Å². The van der Waals surface area contributed by atoms with Crippen molar-refractivity contribution in [2.24, 2.45) is 0 Å².